The number of rotatable bonds is 6. The predicted octanol–water partition coefficient (Wildman–Crippen LogP) is 5.14. The van der Waals surface area contributed by atoms with Crippen LogP contribution in [0.4, 0.5) is 0 Å². The quantitative estimate of drug-likeness (QED) is 0.540. The highest BCUT2D eigenvalue weighted by Crippen LogP contribution is 2.36. The van der Waals surface area contributed by atoms with Gasteiger partial charge >= 0.3 is 10.2 Å². The summed E-state index contributed by atoms with van der Waals surface area (Å²) in [5.41, 5.74) is 2.72. The van der Waals surface area contributed by atoms with E-state index in [-0.39, 0.29) is 17.4 Å². The van der Waals surface area contributed by atoms with E-state index in [2.05, 4.69) is 52.9 Å². The van der Waals surface area contributed by atoms with Gasteiger partial charge in [0.1, 0.15) is 0 Å². The van der Waals surface area contributed by atoms with Gasteiger partial charge in [-0.05, 0) is 79.3 Å². The summed E-state index contributed by atoms with van der Waals surface area (Å²) in [5, 5.41) is 12.9. The molecule has 7 nitrogen and oxygen atoms in total. The summed E-state index contributed by atoms with van der Waals surface area (Å²) in [6.07, 6.45) is 2.65. The third-order valence-electron chi connectivity index (χ3n) is 6.95. The first-order valence-electron chi connectivity index (χ1n) is 13.2. The Morgan fingerprint density at radius 3 is 1.86 bits per heavy atom. The van der Waals surface area contributed by atoms with Crippen LogP contribution in [0.25, 0.3) is 11.3 Å². The van der Waals surface area contributed by atoms with E-state index < -0.39 is 21.7 Å². The lowest BCUT2D eigenvalue weighted by Gasteiger charge is -2.29. The van der Waals surface area contributed by atoms with Crippen LogP contribution in [0.1, 0.15) is 102 Å². The van der Waals surface area contributed by atoms with Crippen LogP contribution in [0.5, 0.6) is 0 Å². The maximum atomic E-state index is 14.0. The molecule has 0 atom stereocenters. The number of carbonyl (C=O) groups excluding carboxylic acids is 1. The molecule has 0 unspecified atom stereocenters. The van der Waals surface area contributed by atoms with Crippen LogP contribution < -0.4 is 5.32 Å². The molecule has 1 aliphatic rings. The Morgan fingerprint density at radius 1 is 0.892 bits per heavy atom. The van der Waals surface area contributed by atoms with Gasteiger partial charge in [-0.1, -0.05) is 54.0 Å². The molecule has 0 radical (unpaired) electrons. The number of amides is 1. The maximum Gasteiger partial charge on any atom is 0.308 e. The fraction of sp³-hybridized carbons (Fsp3) is 0.621. The first-order chi connectivity index (χ1) is 16.8. The Morgan fingerprint density at radius 2 is 1.41 bits per heavy atom. The topological polar surface area (TPSA) is 91.6 Å². The van der Waals surface area contributed by atoms with Crippen molar-refractivity contribution in [3.8, 4) is 11.3 Å². The summed E-state index contributed by atoms with van der Waals surface area (Å²) in [7, 11) is -3.90. The van der Waals surface area contributed by atoms with Crippen LogP contribution in [0.3, 0.4) is 0 Å². The van der Waals surface area contributed by atoms with Crippen molar-refractivity contribution >= 4 is 16.1 Å². The Balaban J connectivity index is 2.28. The van der Waals surface area contributed by atoms with Crippen LogP contribution in [-0.2, 0) is 21.0 Å². The summed E-state index contributed by atoms with van der Waals surface area (Å²) >= 11 is 0. The number of hydrogen-bond donors (Lipinski definition) is 2. The summed E-state index contributed by atoms with van der Waals surface area (Å²) in [4.78, 5) is 13.2. The molecule has 3 rings (SSSR count). The second-order valence-electron chi connectivity index (χ2n) is 13.1. The van der Waals surface area contributed by atoms with Gasteiger partial charge in [0.2, 0.25) is 0 Å². The van der Waals surface area contributed by atoms with Crippen molar-refractivity contribution in [3.63, 3.8) is 0 Å². The van der Waals surface area contributed by atoms with Crippen LogP contribution in [0, 0.1) is 6.92 Å². The van der Waals surface area contributed by atoms with E-state index in [1.54, 1.807) is 26.8 Å². The second-order valence-corrected chi connectivity index (χ2v) is 14.8. The van der Waals surface area contributed by atoms with Crippen molar-refractivity contribution < 1.29 is 18.3 Å². The van der Waals surface area contributed by atoms with Crippen molar-refractivity contribution in [1.29, 1.82) is 0 Å². The molecule has 2 heterocycles. The molecule has 2 aromatic rings. The molecule has 0 bridgehead atoms. The van der Waals surface area contributed by atoms with Crippen molar-refractivity contribution in [3.05, 3.63) is 46.6 Å². The van der Waals surface area contributed by atoms with Crippen LogP contribution >= 0.6 is 0 Å². The lowest BCUT2D eigenvalue weighted by atomic mass is 9.79. The molecule has 1 amide bonds. The van der Waals surface area contributed by atoms with Gasteiger partial charge in [0, 0.05) is 25.3 Å². The normalized spacial score (nSPS) is 16.2. The maximum absolute atomic E-state index is 14.0. The lowest BCUT2D eigenvalue weighted by Crippen LogP contribution is -2.40. The van der Waals surface area contributed by atoms with E-state index in [0.29, 0.717) is 30.0 Å². The number of benzene rings is 1. The second kappa shape index (κ2) is 10.2. The van der Waals surface area contributed by atoms with E-state index in [1.807, 2.05) is 12.1 Å². The Kier molecular flexibility index (Phi) is 8.10. The SMILES string of the molecule is Cc1c(C(=O)NCC(C)(C)O)cc(-c2cc(C(C)(C)C)cc(C(C)(C)C)c2)n1S(=O)(=O)N1CCCCC1. The van der Waals surface area contributed by atoms with E-state index in [9.17, 15) is 18.3 Å². The number of aliphatic hydroxyl groups is 1. The first kappa shape index (κ1) is 29.4. The van der Waals surface area contributed by atoms with Gasteiger partial charge in [0.05, 0.1) is 16.9 Å². The molecular formula is C29H45N3O4S. The number of nitrogens with zero attached hydrogens (tertiary/aromatic N) is 2. The molecule has 206 valence electrons. The van der Waals surface area contributed by atoms with E-state index in [1.165, 1.54) is 8.28 Å². The summed E-state index contributed by atoms with van der Waals surface area (Å²) in [6.45, 7) is 18.8. The monoisotopic (exact) mass is 531 g/mol. The number of hydrogen-bond acceptors (Lipinski definition) is 4. The fourth-order valence-corrected chi connectivity index (χ4v) is 6.36. The van der Waals surface area contributed by atoms with Crippen molar-refractivity contribution in [2.24, 2.45) is 0 Å². The molecule has 1 aromatic carbocycles. The Bertz CT molecular complexity index is 1220. The molecule has 1 aliphatic heterocycles. The number of carbonyl (C=O) groups is 1. The summed E-state index contributed by atoms with van der Waals surface area (Å²) in [5.74, 6) is -0.406. The van der Waals surface area contributed by atoms with Gasteiger partial charge in [0.15, 0.2) is 0 Å². The molecule has 0 saturated carbocycles. The molecule has 1 fully saturated rings. The number of aromatic nitrogens is 1. The molecule has 0 spiro atoms. The van der Waals surface area contributed by atoms with Crippen LogP contribution in [0.2, 0.25) is 0 Å². The average molecular weight is 532 g/mol. The van der Waals surface area contributed by atoms with Crippen LogP contribution in [-0.4, -0.2) is 52.9 Å². The lowest BCUT2D eigenvalue weighted by molar-refractivity contribution is 0.0694. The van der Waals surface area contributed by atoms with Crippen LogP contribution in [0.15, 0.2) is 24.3 Å². The molecule has 1 saturated heterocycles. The Hall–Kier alpha value is -2.16. The number of piperidine rings is 1. The third kappa shape index (κ3) is 6.65. The molecule has 8 heteroatoms. The minimum Gasteiger partial charge on any atom is -0.389 e. The zero-order valence-corrected chi connectivity index (χ0v) is 24.8. The summed E-state index contributed by atoms with van der Waals surface area (Å²) < 4.78 is 31.0. The summed E-state index contributed by atoms with van der Waals surface area (Å²) in [6, 6.07) is 7.97. The first-order valence-corrected chi connectivity index (χ1v) is 14.6. The van der Waals surface area contributed by atoms with Gasteiger partial charge < -0.3 is 10.4 Å². The minimum absolute atomic E-state index is 0.0539. The van der Waals surface area contributed by atoms with E-state index in [0.717, 1.165) is 36.0 Å². The highest BCUT2D eigenvalue weighted by molar-refractivity contribution is 7.87. The molecule has 0 aliphatic carbocycles. The highest BCUT2D eigenvalue weighted by atomic mass is 32.2. The zero-order valence-electron chi connectivity index (χ0n) is 24.0. The third-order valence-corrected chi connectivity index (χ3v) is 8.90. The molecule has 37 heavy (non-hydrogen) atoms. The van der Waals surface area contributed by atoms with Crippen molar-refractivity contribution in [1.82, 2.24) is 13.6 Å². The largest absolute Gasteiger partial charge is 0.389 e. The van der Waals surface area contributed by atoms with Gasteiger partial charge in [-0.25, -0.2) is 3.97 Å². The van der Waals surface area contributed by atoms with Gasteiger partial charge in [0.25, 0.3) is 5.91 Å². The average Bonchev–Trinajstić information content (AvgIpc) is 3.14. The zero-order chi connectivity index (χ0) is 28.0. The van der Waals surface area contributed by atoms with Gasteiger partial charge in [-0.15, -0.1) is 0 Å². The smallest absolute Gasteiger partial charge is 0.308 e. The minimum atomic E-state index is -3.90. The molecule has 2 N–H and O–H groups in total. The fourth-order valence-electron chi connectivity index (χ4n) is 4.56. The molecular weight excluding hydrogens is 486 g/mol. The predicted molar refractivity (Wildman–Crippen MR) is 150 cm³/mol. The number of nitrogens with one attached hydrogen (secondary N) is 1. The van der Waals surface area contributed by atoms with E-state index in [4.69, 9.17) is 0 Å². The van der Waals surface area contributed by atoms with Gasteiger partial charge in [-0.2, -0.15) is 12.7 Å². The molecule has 1 aromatic heterocycles. The van der Waals surface area contributed by atoms with Crippen molar-refractivity contribution in [2.75, 3.05) is 19.6 Å². The Labute approximate surface area is 223 Å². The van der Waals surface area contributed by atoms with Gasteiger partial charge in [-0.3, -0.25) is 4.79 Å². The van der Waals surface area contributed by atoms with E-state index >= 15 is 0 Å². The highest BCUT2D eigenvalue weighted by Gasteiger charge is 2.33. The van der Waals surface area contributed by atoms with Crippen molar-refractivity contribution in [2.45, 2.75) is 98.0 Å². The standard InChI is InChI=1S/C29H45N3O4S/c1-20-24(26(33)30-19-29(8,9)34)18-25(32(20)37(35,36)31-13-11-10-12-14-31)21-15-22(27(2,3)4)17-23(16-21)28(5,6)7/h15-18,34H,10-14,19H2,1-9H3,(H,30,33).